The molecule has 1 saturated heterocycles. The first-order chi connectivity index (χ1) is 9.85. The number of aromatic nitrogens is 2. The molecule has 0 amide bonds. The Morgan fingerprint density at radius 2 is 2.05 bits per heavy atom. The maximum absolute atomic E-state index is 4.54. The number of rotatable bonds is 2. The van der Waals surface area contributed by atoms with Crippen LogP contribution in [0.25, 0.3) is 0 Å². The number of nitrogens with one attached hydrogen (secondary N) is 2. The maximum atomic E-state index is 4.54. The summed E-state index contributed by atoms with van der Waals surface area (Å²) >= 11 is 0. The van der Waals surface area contributed by atoms with Gasteiger partial charge in [-0.05, 0) is 64.3 Å². The van der Waals surface area contributed by atoms with Crippen LogP contribution >= 0.6 is 0 Å². The van der Waals surface area contributed by atoms with Crippen LogP contribution in [0.5, 0.6) is 0 Å². The molecule has 1 atom stereocenters. The van der Waals surface area contributed by atoms with Crippen molar-refractivity contribution >= 4 is 5.82 Å². The minimum Gasteiger partial charge on any atom is -0.367 e. The number of aryl methyl sites for hydroxylation is 1. The van der Waals surface area contributed by atoms with E-state index in [4.69, 9.17) is 0 Å². The average molecular weight is 272 g/mol. The first kappa shape index (κ1) is 12.6. The molecule has 1 aliphatic heterocycles. The van der Waals surface area contributed by atoms with Gasteiger partial charge in [0.15, 0.2) is 0 Å². The molecule has 1 unspecified atom stereocenters. The Morgan fingerprint density at radius 3 is 2.90 bits per heavy atom. The summed E-state index contributed by atoms with van der Waals surface area (Å²) in [4.78, 5) is 9.00. The van der Waals surface area contributed by atoms with Gasteiger partial charge in [0.25, 0.3) is 0 Å². The molecule has 2 aliphatic carbocycles. The minimum atomic E-state index is 0.447. The van der Waals surface area contributed by atoms with Gasteiger partial charge in [-0.1, -0.05) is 0 Å². The Labute approximate surface area is 120 Å². The number of hydrogen-bond acceptors (Lipinski definition) is 4. The van der Waals surface area contributed by atoms with Gasteiger partial charge in [0, 0.05) is 22.8 Å². The fourth-order valence-corrected chi connectivity index (χ4v) is 4.10. The van der Waals surface area contributed by atoms with E-state index in [0.717, 1.165) is 25.2 Å². The van der Waals surface area contributed by atoms with Gasteiger partial charge in [-0.3, -0.25) is 0 Å². The number of nitrogens with zero attached hydrogens (tertiary/aromatic N) is 2. The second kappa shape index (κ2) is 4.99. The molecule has 1 aromatic heterocycles. The molecule has 2 fully saturated rings. The number of fused-ring (bicyclic) bond motifs is 1. The van der Waals surface area contributed by atoms with Gasteiger partial charge in [0.05, 0.1) is 0 Å². The molecule has 4 rings (SSSR count). The Kier molecular flexibility index (Phi) is 3.14. The molecule has 0 aromatic carbocycles. The molecule has 2 N–H and O–H groups in total. The molecule has 3 aliphatic rings. The highest BCUT2D eigenvalue weighted by Crippen LogP contribution is 2.39. The minimum absolute atomic E-state index is 0.447. The second-order valence-corrected chi connectivity index (χ2v) is 6.75. The molecule has 2 heterocycles. The van der Waals surface area contributed by atoms with Crippen LogP contribution in [0.1, 0.15) is 56.2 Å². The van der Waals surface area contributed by atoms with Crippen molar-refractivity contribution in [1.29, 1.82) is 0 Å². The predicted molar refractivity (Wildman–Crippen MR) is 79.9 cm³/mol. The fourth-order valence-electron chi connectivity index (χ4n) is 4.10. The van der Waals surface area contributed by atoms with Crippen molar-refractivity contribution in [2.45, 2.75) is 69.4 Å². The normalized spacial score (nSPS) is 27.7. The molecular formula is C16H24N4. The van der Waals surface area contributed by atoms with Crippen molar-refractivity contribution in [2.75, 3.05) is 11.9 Å². The van der Waals surface area contributed by atoms with Crippen LogP contribution < -0.4 is 10.6 Å². The summed E-state index contributed by atoms with van der Waals surface area (Å²) < 4.78 is 0. The lowest BCUT2D eigenvalue weighted by molar-refractivity contribution is 0.135. The zero-order valence-corrected chi connectivity index (χ0v) is 12.1. The SMILES string of the molecule is c1nc2c(c(NC3CCNC4(CCC4)C3)n1)CCCC2. The largest absolute Gasteiger partial charge is 0.367 e. The van der Waals surface area contributed by atoms with Crippen LogP contribution in [-0.4, -0.2) is 28.1 Å². The third-order valence-electron chi connectivity index (χ3n) is 5.41. The number of anilines is 1. The Bertz CT molecular complexity index is 495. The summed E-state index contributed by atoms with van der Waals surface area (Å²) in [6.45, 7) is 1.14. The molecule has 0 radical (unpaired) electrons. The Morgan fingerprint density at radius 1 is 1.15 bits per heavy atom. The van der Waals surface area contributed by atoms with E-state index in [1.165, 1.54) is 56.2 Å². The number of piperidine rings is 1. The average Bonchev–Trinajstić information content (AvgIpc) is 2.46. The molecule has 1 aromatic rings. The molecule has 1 saturated carbocycles. The smallest absolute Gasteiger partial charge is 0.133 e. The van der Waals surface area contributed by atoms with Crippen molar-refractivity contribution in [1.82, 2.24) is 15.3 Å². The summed E-state index contributed by atoms with van der Waals surface area (Å²) in [5, 5.41) is 7.48. The second-order valence-electron chi connectivity index (χ2n) is 6.75. The highest BCUT2D eigenvalue weighted by molar-refractivity contribution is 5.47. The maximum Gasteiger partial charge on any atom is 0.133 e. The highest BCUT2D eigenvalue weighted by atomic mass is 15.1. The molecule has 0 bridgehead atoms. The van der Waals surface area contributed by atoms with Gasteiger partial charge < -0.3 is 10.6 Å². The van der Waals surface area contributed by atoms with Gasteiger partial charge in [0.2, 0.25) is 0 Å². The third kappa shape index (κ3) is 2.20. The summed E-state index contributed by atoms with van der Waals surface area (Å²) in [5.41, 5.74) is 3.12. The van der Waals surface area contributed by atoms with Crippen molar-refractivity contribution in [3.8, 4) is 0 Å². The standard InChI is InChI=1S/C16H24N4/c1-2-5-14-13(4-1)15(18-11-17-14)20-12-6-9-19-16(10-12)7-3-8-16/h11-12,19H,1-10H2,(H,17,18,20). The van der Waals surface area contributed by atoms with Crippen molar-refractivity contribution in [2.24, 2.45) is 0 Å². The van der Waals surface area contributed by atoms with E-state index in [-0.39, 0.29) is 0 Å². The highest BCUT2D eigenvalue weighted by Gasteiger charge is 2.41. The first-order valence-corrected chi connectivity index (χ1v) is 8.19. The van der Waals surface area contributed by atoms with Gasteiger partial charge in [-0.25, -0.2) is 9.97 Å². The molecule has 4 heteroatoms. The van der Waals surface area contributed by atoms with E-state index in [1.54, 1.807) is 6.33 Å². The Hall–Kier alpha value is -1.16. The molecular weight excluding hydrogens is 248 g/mol. The fraction of sp³-hybridized carbons (Fsp3) is 0.750. The molecule has 1 spiro atoms. The third-order valence-corrected chi connectivity index (χ3v) is 5.41. The van der Waals surface area contributed by atoms with Crippen LogP contribution in [0.3, 0.4) is 0 Å². The molecule has 108 valence electrons. The van der Waals surface area contributed by atoms with E-state index in [1.807, 2.05) is 0 Å². The van der Waals surface area contributed by atoms with Crippen molar-refractivity contribution < 1.29 is 0 Å². The van der Waals surface area contributed by atoms with Crippen molar-refractivity contribution in [3.63, 3.8) is 0 Å². The molecule has 4 nitrogen and oxygen atoms in total. The Balaban J connectivity index is 1.51. The predicted octanol–water partition coefficient (Wildman–Crippen LogP) is 2.44. The monoisotopic (exact) mass is 272 g/mol. The zero-order valence-electron chi connectivity index (χ0n) is 12.1. The summed E-state index contributed by atoms with van der Waals surface area (Å²) in [5.74, 6) is 1.12. The molecule has 20 heavy (non-hydrogen) atoms. The summed E-state index contributed by atoms with van der Waals surface area (Å²) in [6.07, 6.45) is 13.1. The van der Waals surface area contributed by atoms with E-state index < -0.39 is 0 Å². The van der Waals surface area contributed by atoms with E-state index in [9.17, 15) is 0 Å². The van der Waals surface area contributed by atoms with Crippen molar-refractivity contribution in [3.05, 3.63) is 17.6 Å². The van der Waals surface area contributed by atoms with E-state index in [0.29, 0.717) is 11.6 Å². The van der Waals surface area contributed by atoms with Crippen LogP contribution in [-0.2, 0) is 12.8 Å². The van der Waals surface area contributed by atoms with Crippen LogP contribution in [0, 0.1) is 0 Å². The lowest BCUT2D eigenvalue weighted by Gasteiger charge is -2.48. The number of hydrogen-bond donors (Lipinski definition) is 2. The summed E-state index contributed by atoms with van der Waals surface area (Å²) in [7, 11) is 0. The van der Waals surface area contributed by atoms with E-state index >= 15 is 0 Å². The summed E-state index contributed by atoms with van der Waals surface area (Å²) in [6, 6.07) is 0.581. The zero-order chi connectivity index (χ0) is 13.4. The first-order valence-electron chi connectivity index (χ1n) is 8.19. The van der Waals surface area contributed by atoms with Crippen LogP contribution in [0.15, 0.2) is 6.33 Å². The van der Waals surface area contributed by atoms with Crippen LogP contribution in [0.4, 0.5) is 5.82 Å². The van der Waals surface area contributed by atoms with Gasteiger partial charge in [-0.2, -0.15) is 0 Å². The lowest BCUT2D eigenvalue weighted by atomic mass is 9.70. The topological polar surface area (TPSA) is 49.8 Å². The lowest BCUT2D eigenvalue weighted by Crippen LogP contribution is -2.58. The van der Waals surface area contributed by atoms with E-state index in [2.05, 4.69) is 20.6 Å². The van der Waals surface area contributed by atoms with Gasteiger partial charge in [0.1, 0.15) is 12.1 Å². The van der Waals surface area contributed by atoms with Crippen LogP contribution in [0.2, 0.25) is 0 Å². The van der Waals surface area contributed by atoms with Gasteiger partial charge in [-0.15, -0.1) is 0 Å². The quantitative estimate of drug-likeness (QED) is 0.868. The van der Waals surface area contributed by atoms with Gasteiger partial charge >= 0.3 is 0 Å².